The van der Waals surface area contributed by atoms with Gasteiger partial charge >= 0.3 is 5.97 Å². The number of esters is 1. The van der Waals surface area contributed by atoms with Crippen LogP contribution in [0.1, 0.15) is 12.5 Å². The minimum absolute atomic E-state index is 0.0307. The molecule has 0 saturated heterocycles. The molecule has 1 atom stereocenters. The van der Waals surface area contributed by atoms with Crippen LogP contribution < -0.4 is 14.5 Å². The summed E-state index contributed by atoms with van der Waals surface area (Å²) in [5, 5.41) is 0.536. The fourth-order valence-corrected chi connectivity index (χ4v) is 3.71. The van der Waals surface area contributed by atoms with Crippen molar-refractivity contribution < 1.29 is 14.3 Å². The zero-order valence-electron chi connectivity index (χ0n) is 13.7. The molecule has 1 unspecified atom stereocenters. The second-order valence-corrected chi connectivity index (χ2v) is 6.82. The molecule has 1 amide bonds. The fraction of sp³-hybridized carbons (Fsp3) is 0.263. The van der Waals surface area contributed by atoms with Gasteiger partial charge in [-0.05, 0) is 43.2 Å². The van der Waals surface area contributed by atoms with Gasteiger partial charge in [0.15, 0.2) is 5.75 Å². The molecule has 25 heavy (non-hydrogen) atoms. The number of hydrogen-bond donors (Lipinski definition) is 0. The molecule has 0 aliphatic carbocycles. The van der Waals surface area contributed by atoms with Crippen LogP contribution in [0.25, 0.3) is 0 Å². The van der Waals surface area contributed by atoms with Gasteiger partial charge in [-0.1, -0.05) is 29.8 Å². The number of rotatable bonds is 2. The van der Waals surface area contributed by atoms with Crippen molar-refractivity contribution in [1.82, 2.24) is 0 Å². The van der Waals surface area contributed by atoms with Crippen molar-refractivity contribution >= 4 is 34.9 Å². The standard InChI is InChI=1S/C19H17ClN2O3/c1-12-8-13-4-2-3-5-15(13)22(12)18(23)10-21-11-19(24)25-17-7-6-14(20)9-16(17)21/h2-7,9,12H,8,10-11H2,1H3. The number of fused-ring (bicyclic) bond motifs is 2. The van der Waals surface area contributed by atoms with E-state index in [0.717, 1.165) is 12.1 Å². The number of anilines is 2. The topological polar surface area (TPSA) is 49.9 Å². The molecule has 0 saturated carbocycles. The van der Waals surface area contributed by atoms with Crippen molar-refractivity contribution in [3.63, 3.8) is 0 Å². The van der Waals surface area contributed by atoms with Gasteiger partial charge in [-0.15, -0.1) is 0 Å². The SMILES string of the molecule is CC1Cc2ccccc2N1C(=O)CN1CC(=O)Oc2ccc(Cl)cc21. The number of nitrogens with zero attached hydrogens (tertiary/aromatic N) is 2. The maximum Gasteiger partial charge on any atom is 0.331 e. The van der Waals surface area contributed by atoms with Gasteiger partial charge < -0.3 is 14.5 Å². The highest BCUT2D eigenvalue weighted by molar-refractivity contribution is 6.31. The summed E-state index contributed by atoms with van der Waals surface area (Å²) in [5.74, 6) is 0.0129. The van der Waals surface area contributed by atoms with Crippen LogP contribution in [0.3, 0.4) is 0 Å². The van der Waals surface area contributed by atoms with E-state index in [1.54, 1.807) is 23.1 Å². The highest BCUT2D eigenvalue weighted by Gasteiger charge is 2.33. The van der Waals surface area contributed by atoms with Gasteiger partial charge in [-0.2, -0.15) is 0 Å². The molecule has 5 nitrogen and oxygen atoms in total. The average molecular weight is 357 g/mol. The minimum atomic E-state index is -0.377. The maximum absolute atomic E-state index is 13.0. The van der Waals surface area contributed by atoms with Crippen LogP contribution in [0.2, 0.25) is 5.02 Å². The number of ether oxygens (including phenoxy) is 1. The maximum atomic E-state index is 13.0. The number of carbonyl (C=O) groups excluding carboxylic acids is 2. The first kappa shape index (κ1) is 16.0. The summed E-state index contributed by atoms with van der Waals surface area (Å²) in [6.07, 6.45) is 0.840. The van der Waals surface area contributed by atoms with Gasteiger partial charge in [-0.25, -0.2) is 4.79 Å². The molecule has 0 spiro atoms. The second-order valence-electron chi connectivity index (χ2n) is 6.39. The van der Waals surface area contributed by atoms with Crippen LogP contribution in [0.5, 0.6) is 5.75 Å². The monoisotopic (exact) mass is 356 g/mol. The molecule has 128 valence electrons. The molecule has 0 radical (unpaired) electrons. The van der Waals surface area contributed by atoms with E-state index in [2.05, 4.69) is 0 Å². The molecule has 0 N–H and O–H groups in total. The summed E-state index contributed by atoms with van der Waals surface area (Å²) in [5.41, 5.74) is 2.79. The molecular weight excluding hydrogens is 340 g/mol. The third-order valence-electron chi connectivity index (χ3n) is 4.61. The molecule has 0 aromatic heterocycles. The number of para-hydroxylation sites is 1. The Labute approximate surface area is 150 Å². The quantitative estimate of drug-likeness (QED) is 0.613. The second kappa shape index (κ2) is 6.08. The van der Waals surface area contributed by atoms with Crippen molar-refractivity contribution in [3.05, 3.63) is 53.1 Å². The van der Waals surface area contributed by atoms with Gasteiger partial charge in [0.1, 0.15) is 6.54 Å². The van der Waals surface area contributed by atoms with Crippen LogP contribution in [0.4, 0.5) is 11.4 Å². The number of halogens is 1. The van der Waals surface area contributed by atoms with Crippen molar-refractivity contribution in [1.29, 1.82) is 0 Å². The molecule has 2 aliphatic heterocycles. The molecule has 0 fully saturated rings. The molecule has 2 aromatic rings. The van der Waals surface area contributed by atoms with E-state index < -0.39 is 0 Å². The zero-order chi connectivity index (χ0) is 17.6. The van der Waals surface area contributed by atoms with Gasteiger partial charge in [0.25, 0.3) is 0 Å². The molecule has 2 aromatic carbocycles. The van der Waals surface area contributed by atoms with Crippen LogP contribution in [-0.4, -0.2) is 31.0 Å². The predicted molar refractivity (Wildman–Crippen MR) is 96.4 cm³/mol. The van der Waals surface area contributed by atoms with Crippen molar-refractivity contribution in [2.45, 2.75) is 19.4 Å². The normalized spacial score (nSPS) is 18.6. The van der Waals surface area contributed by atoms with E-state index in [1.165, 1.54) is 5.56 Å². The molecular formula is C19H17ClN2O3. The summed E-state index contributed by atoms with van der Waals surface area (Å²) >= 11 is 6.07. The summed E-state index contributed by atoms with van der Waals surface area (Å²) < 4.78 is 5.24. The van der Waals surface area contributed by atoms with E-state index in [1.807, 2.05) is 36.1 Å². The number of carbonyl (C=O) groups is 2. The van der Waals surface area contributed by atoms with Gasteiger partial charge in [0, 0.05) is 16.8 Å². The summed E-state index contributed by atoms with van der Waals surface area (Å²) in [7, 11) is 0. The van der Waals surface area contributed by atoms with E-state index in [4.69, 9.17) is 16.3 Å². The first-order valence-corrected chi connectivity index (χ1v) is 8.56. The molecule has 2 aliphatic rings. The Kier molecular flexibility index (Phi) is 3.88. The Morgan fingerprint density at radius 2 is 2.04 bits per heavy atom. The van der Waals surface area contributed by atoms with E-state index in [9.17, 15) is 9.59 Å². The van der Waals surface area contributed by atoms with Gasteiger partial charge in [0.05, 0.1) is 12.2 Å². The van der Waals surface area contributed by atoms with Crippen LogP contribution in [-0.2, 0) is 16.0 Å². The summed E-state index contributed by atoms with van der Waals surface area (Å²) in [4.78, 5) is 28.4. The van der Waals surface area contributed by atoms with Crippen molar-refractivity contribution in [3.8, 4) is 5.75 Å². The first-order chi connectivity index (χ1) is 12.0. The van der Waals surface area contributed by atoms with Gasteiger partial charge in [0.2, 0.25) is 5.91 Å². The van der Waals surface area contributed by atoms with Crippen LogP contribution in [0, 0.1) is 0 Å². The lowest BCUT2D eigenvalue weighted by Crippen LogP contribution is -2.46. The molecule has 6 heteroatoms. The summed E-state index contributed by atoms with van der Waals surface area (Å²) in [6, 6.07) is 13.1. The molecule has 2 heterocycles. The Morgan fingerprint density at radius 3 is 2.88 bits per heavy atom. The van der Waals surface area contributed by atoms with E-state index in [0.29, 0.717) is 16.5 Å². The largest absolute Gasteiger partial charge is 0.423 e. The number of hydrogen-bond acceptors (Lipinski definition) is 4. The lowest BCUT2D eigenvalue weighted by atomic mass is 10.1. The zero-order valence-corrected chi connectivity index (χ0v) is 14.5. The average Bonchev–Trinajstić information content (AvgIpc) is 2.91. The molecule has 4 rings (SSSR count). The lowest BCUT2D eigenvalue weighted by molar-refractivity contribution is -0.133. The van der Waals surface area contributed by atoms with Crippen molar-refractivity contribution in [2.75, 3.05) is 22.9 Å². The van der Waals surface area contributed by atoms with Crippen LogP contribution >= 0.6 is 11.6 Å². The lowest BCUT2D eigenvalue weighted by Gasteiger charge is -2.32. The number of benzene rings is 2. The Hall–Kier alpha value is -2.53. The minimum Gasteiger partial charge on any atom is -0.423 e. The predicted octanol–water partition coefficient (Wildman–Crippen LogP) is 3.04. The Bertz CT molecular complexity index is 867. The fourth-order valence-electron chi connectivity index (χ4n) is 3.55. The first-order valence-electron chi connectivity index (χ1n) is 8.18. The third kappa shape index (κ3) is 2.85. The Balaban J connectivity index is 1.62. The third-order valence-corrected chi connectivity index (χ3v) is 4.84. The number of amides is 1. The van der Waals surface area contributed by atoms with E-state index in [-0.39, 0.29) is 31.0 Å². The highest BCUT2D eigenvalue weighted by Crippen LogP contribution is 2.36. The van der Waals surface area contributed by atoms with Crippen LogP contribution in [0.15, 0.2) is 42.5 Å². The van der Waals surface area contributed by atoms with Gasteiger partial charge in [-0.3, -0.25) is 4.79 Å². The Morgan fingerprint density at radius 1 is 1.24 bits per heavy atom. The van der Waals surface area contributed by atoms with E-state index >= 15 is 0 Å². The highest BCUT2D eigenvalue weighted by atomic mass is 35.5. The smallest absolute Gasteiger partial charge is 0.331 e. The molecule has 0 bridgehead atoms. The van der Waals surface area contributed by atoms with Crippen molar-refractivity contribution in [2.24, 2.45) is 0 Å². The summed E-state index contributed by atoms with van der Waals surface area (Å²) in [6.45, 7) is 2.16.